The zero-order valence-corrected chi connectivity index (χ0v) is 18.3. The maximum absolute atomic E-state index is 12.1. The molecule has 1 saturated heterocycles. The number of esters is 1. The number of ether oxygens (including phenoxy) is 2. The molecule has 0 atom stereocenters. The van der Waals surface area contributed by atoms with Gasteiger partial charge in [0.15, 0.2) is 5.96 Å². The molecule has 1 aliphatic heterocycles. The molecule has 0 spiro atoms. The highest BCUT2D eigenvalue weighted by molar-refractivity contribution is 5.78. The van der Waals surface area contributed by atoms with Gasteiger partial charge in [-0.1, -0.05) is 30.3 Å². The summed E-state index contributed by atoms with van der Waals surface area (Å²) >= 11 is 0. The standard InChI is InChI=1S/C22H34N4O4/c1-22(2,3)30-21(28)26-15-13-25(14-16-26)20(23)24-12-8-7-11-19(27)29-17-18-9-5-4-6-10-18/h4-6,9-10H,7-8,11-17H2,1-3H3,(H2,23,24). The van der Waals surface area contributed by atoms with Crippen LogP contribution in [0.15, 0.2) is 35.3 Å². The zero-order chi connectivity index (χ0) is 22.0. The Morgan fingerprint density at radius 2 is 1.67 bits per heavy atom. The van der Waals surface area contributed by atoms with E-state index in [1.807, 2.05) is 56.0 Å². The number of hydrogen-bond donors (Lipinski definition) is 1. The molecule has 2 N–H and O–H groups in total. The number of hydrogen-bond acceptors (Lipinski definition) is 5. The van der Waals surface area contributed by atoms with Gasteiger partial charge in [-0.3, -0.25) is 9.79 Å². The number of rotatable bonds is 7. The number of aliphatic imine (C=N–C) groups is 1. The number of carbonyl (C=O) groups is 2. The Hall–Kier alpha value is -2.77. The van der Waals surface area contributed by atoms with E-state index < -0.39 is 5.60 Å². The van der Waals surface area contributed by atoms with Gasteiger partial charge >= 0.3 is 12.1 Å². The lowest BCUT2D eigenvalue weighted by molar-refractivity contribution is -0.145. The highest BCUT2D eigenvalue weighted by atomic mass is 16.6. The molecule has 8 heteroatoms. The molecule has 1 aromatic rings. The number of benzene rings is 1. The van der Waals surface area contributed by atoms with E-state index in [4.69, 9.17) is 15.2 Å². The quantitative estimate of drug-likeness (QED) is 0.316. The molecule has 166 valence electrons. The number of carbonyl (C=O) groups excluding carboxylic acids is 2. The maximum Gasteiger partial charge on any atom is 0.410 e. The van der Waals surface area contributed by atoms with E-state index in [0.29, 0.717) is 58.1 Å². The van der Waals surface area contributed by atoms with Gasteiger partial charge in [-0.15, -0.1) is 0 Å². The second kappa shape index (κ2) is 11.4. The molecule has 1 heterocycles. The molecule has 1 amide bonds. The molecule has 0 bridgehead atoms. The Kier molecular flexibility index (Phi) is 8.95. The van der Waals surface area contributed by atoms with Crippen molar-refractivity contribution in [1.82, 2.24) is 9.80 Å². The summed E-state index contributed by atoms with van der Waals surface area (Å²) in [6.07, 6.45) is 1.55. The molecule has 8 nitrogen and oxygen atoms in total. The minimum atomic E-state index is -0.497. The average Bonchev–Trinajstić information content (AvgIpc) is 2.71. The van der Waals surface area contributed by atoms with Gasteiger partial charge in [-0.2, -0.15) is 0 Å². The van der Waals surface area contributed by atoms with Crippen LogP contribution >= 0.6 is 0 Å². The van der Waals surface area contributed by atoms with Crippen LogP contribution in [0.25, 0.3) is 0 Å². The Bertz CT molecular complexity index is 708. The first kappa shape index (κ1) is 23.5. The molecule has 1 aromatic carbocycles. The SMILES string of the molecule is CC(C)(C)OC(=O)N1CCN(C(N)=NCCCCC(=O)OCc2ccccc2)CC1. The van der Waals surface area contributed by atoms with Crippen LogP contribution in [0.1, 0.15) is 45.6 Å². The number of guanidine groups is 1. The van der Waals surface area contributed by atoms with Crippen molar-refractivity contribution in [3.8, 4) is 0 Å². The van der Waals surface area contributed by atoms with Crippen molar-refractivity contribution in [3.63, 3.8) is 0 Å². The first-order chi connectivity index (χ1) is 14.2. The van der Waals surface area contributed by atoms with Gasteiger partial charge in [-0.25, -0.2) is 4.79 Å². The number of unbranched alkanes of at least 4 members (excludes halogenated alkanes) is 1. The molecule has 0 aliphatic carbocycles. The summed E-state index contributed by atoms with van der Waals surface area (Å²) in [7, 11) is 0. The van der Waals surface area contributed by atoms with Crippen LogP contribution in [0.5, 0.6) is 0 Å². The van der Waals surface area contributed by atoms with E-state index in [9.17, 15) is 9.59 Å². The molecule has 0 radical (unpaired) electrons. The van der Waals surface area contributed by atoms with E-state index in [-0.39, 0.29) is 12.1 Å². The van der Waals surface area contributed by atoms with Crippen molar-refractivity contribution in [2.45, 2.75) is 52.2 Å². The number of piperazine rings is 1. The van der Waals surface area contributed by atoms with E-state index in [1.54, 1.807) is 4.90 Å². The summed E-state index contributed by atoms with van der Waals surface area (Å²) in [6.45, 7) is 8.79. The Morgan fingerprint density at radius 1 is 1.03 bits per heavy atom. The molecule has 0 unspecified atom stereocenters. The molecular formula is C22H34N4O4. The van der Waals surface area contributed by atoms with Crippen LogP contribution in [0.4, 0.5) is 4.79 Å². The van der Waals surface area contributed by atoms with Crippen LogP contribution in [-0.4, -0.2) is 66.1 Å². The van der Waals surface area contributed by atoms with Gasteiger partial charge in [0.1, 0.15) is 12.2 Å². The van der Waals surface area contributed by atoms with Gasteiger partial charge in [0.25, 0.3) is 0 Å². The van der Waals surface area contributed by atoms with Gasteiger partial charge in [0.05, 0.1) is 0 Å². The van der Waals surface area contributed by atoms with Crippen molar-refractivity contribution in [2.75, 3.05) is 32.7 Å². The Balaban J connectivity index is 1.59. The predicted octanol–water partition coefficient (Wildman–Crippen LogP) is 2.77. The maximum atomic E-state index is 12.1. The van der Waals surface area contributed by atoms with E-state index >= 15 is 0 Å². The summed E-state index contributed by atoms with van der Waals surface area (Å²) < 4.78 is 10.7. The van der Waals surface area contributed by atoms with Crippen LogP contribution < -0.4 is 5.73 Å². The fraction of sp³-hybridized carbons (Fsp3) is 0.591. The van der Waals surface area contributed by atoms with Gasteiger partial charge < -0.3 is 25.0 Å². The normalized spacial score (nSPS) is 15.1. The van der Waals surface area contributed by atoms with E-state index in [2.05, 4.69) is 4.99 Å². The van der Waals surface area contributed by atoms with Gasteiger partial charge in [-0.05, 0) is 39.2 Å². The first-order valence-electron chi connectivity index (χ1n) is 10.5. The molecule has 30 heavy (non-hydrogen) atoms. The van der Waals surface area contributed by atoms with Crippen molar-refractivity contribution in [3.05, 3.63) is 35.9 Å². The third-order valence-corrected chi connectivity index (χ3v) is 4.56. The third kappa shape index (κ3) is 8.71. The third-order valence-electron chi connectivity index (χ3n) is 4.56. The lowest BCUT2D eigenvalue weighted by atomic mass is 10.2. The van der Waals surface area contributed by atoms with Crippen LogP contribution in [-0.2, 0) is 20.9 Å². The Morgan fingerprint density at radius 3 is 2.30 bits per heavy atom. The second-order valence-electron chi connectivity index (χ2n) is 8.30. The summed E-state index contributed by atoms with van der Waals surface area (Å²) in [5, 5.41) is 0. The van der Waals surface area contributed by atoms with Crippen LogP contribution in [0, 0.1) is 0 Å². The van der Waals surface area contributed by atoms with Gasteiger partial charge in [0.2, 0.25) is 0 Å². The Labute approximate surface area is 179 Å². The first-order valence-corrected chi connectivity index (χ1v) is 10.5. The molecule has 1 aliphatic rings. The molecule has 1 fully saturated rings. The molecule has 2 rings (SSSR count). The van der Waals surface area contributed by atoms with Gasteiger partial charge in [0, 0.05) is 39.1 Å². The lowest BCUT2D eigenvalue weighted by Crippen LogP contribution is -2.53. The fourth-order valence-corrected chi connectivity index (χ4v) is 2.93. The van der Waals surface area contributed by atoms with Crippen LogP contribution in [0.2, 0.25) is 0 Å². The zero-order valence-electron chi connectivity index (χ0n) is 18.3. The van der Waals surface area contributed by atoms with Crippen LogP contribution in [0.3, 0.4) is 0 Å². The molecule has 0 aromatic heterocycles. The predicted molar refractivity (Wildman–Crippen MR) is 116 cm³/mol. The second-order valence-corrected chi connectivity index (χ2v) is 8.30. The lowest BCUT2D eigenvalue weighted by Gasteiger charge is -2.36. The monoisotopic (exact) mass is 418 g/mol. The minimum absolute atomic E-state index is 0.200. The number of amides is 1. The molecular weight excluding hydrogens is 384 g/mol. The smallest absolute Gasteiger partial charge is 0.410 e. The number of nitrogens with zero attached hydrogens (tertiary/aromatic N) is 3. The van der Waals surface area contributed by atoms with Crippen molar-refractivity contribution >= 4 is 18.0 Å². The topological polar surface area (TPSA) is 97.5 Å². The largest absolute Gasteiger partial charge is 0.461 e. The fourth-order valence-electron chi connectivity index (χ4n) is 2.93. The molecule has 0 saturated carbocycles. The van der Waals surface area contributed by atoms with Crippen molar-refractivity contribution in [1.29, 1.82) is 0 Å². The summed E-state index contributed by atoms with van der Waals surface area (Å²) in [5.41, 5.74) is 6.56. The highest BCUT2D eigenvalue weighted by Gasteiger charge is 2.26. The number of nitrogens with two attached hydrogens (primary N) is 1. The average molecular weight is 419 g/mol. The van der Waals surface area contributed by atoms with Crippen molar-refractivity contribution in [2.24, 2.45) is 10.7 Å². The highest BCUT2D eigenvalue weighted by Crippen LogP contribution is 2.12. The summed E-state index contributed by atoms with van der Waals surface area (Å²) in [4.78, 5) is 32.0. The summed E-state index contributed by atoms with van der Waals surface area (Å²) in [5.74, 6) is 0.277. The minimum Gasteiger partial charge on any atom is -0.461 e. The van der Waals surface area contributed by atoms with Crippen molar-refractivity contribution < 1.29 is 19.1 Å². The van der Waals surface area contributed by atoms with E-state index in [1.165, 1.54) is 0 Å². The van der Waals surface area contributed by atoms with E-state index in [0.717, 1.165) is 12.0 Å². The summed E-state index contributed by atoms with van der Waals surface area (Å²) in [6, 6.07) is 9.63.